The number of rotatable bonds is 5. The molecule has 0 bridgehead atoms. The van der Waals surface area contributed by atoms with Crippen LogP contribution in [0.5, 0.6) is 0 Å². The highest BCUT2D eigenvalue weighted by Crippen LogP contribution is 2.33. The van der Waals surface area contributed by atoms with Gasteiger partial charge in [0.1, 0.15) is 17.2 Å². The van der Waals surface area contributed by atoms with Crippen LogP contribution in [-0.2, 0) is 9.53 Å². The number of nitrogens with one attached hydrogen (secondary N) is 1. The molecule has 3 N–H and O–H groups in total. The molecule has 1 aliphatic heterocycles. The average molecular weight is 524 g/mol. The van der Waals surface area contributed by atoms with Crippen LogP contribution in [0.2, 0.25) is 0 Å². The molecular weight excluding hydrogens is 490 g/mol. The summed E-state index contributed by atoms with van der Waals surface area (Å²) < 4.78 is 5.57. The highest BCUT2D eigenvalue weighted by atomic mass is 16.6. The molecule has 1 fully saturated rings. The van der Waals surface area contributed by atoms with E-state index in [1.165, 1.54) is 0 Å². The van der Waals surface area contributed by atoms with Crippen molar-refractivity contribution in [2.24, 2.45) is 11.7 Å². The quantitative estimate of drug-likeness (QED) is 0.332. The Balaban J connectivity index is 1.47. The number of amides is 1. The molecule has 2 aromatic heterocycles. The summed E-state index contributed by atoms with van der Waals surface area (Å²) in [5, 5.41) is 4.23. The summed E-state index contributed by atoms with van der Waals surface area (Å²) in [7, 11) is 0. The zero-order valence-electron chi connectivity index (χ0n) is 22.4. The number of anilines is 2. The summed E-state index contributed by atoms with van der Waals surface area (Å²) in [4.78, 5) is 37.3. The zero-order chi connectivity index (χ0) is 27.6. The van der Waals surface area contributed by atoms with Crippen LogP contribution in [0, 0.1) is 5.92 Å². The molecule has 1 amide bonds. The van der Waals surface area contributed by atoms with Crippen molar-refractivity contribution in [3.63, 3.8) is 0 Å². The second kappa shape index (κ2) is 10.8. The van der Waals surface area contributed by atoms with Crippen LogP contribution < -0.4 is 11.1 Å². The highest BCUT2D eigenvalue weighted by molar-refractivity contribution is 5.99. The van der Waals surface area contributed by atoms with Gasteiger partial charge in [0, 0.05) is 29.3 Å². The van der Waals surface area contributed by atoms with Crippen LogP contribution in [0.25, 0.3) is 22.0 Å². The van der Waals surface area contributed by atoms with Gasteiger partial charge in [-0.1, -0.05) is 42.5 Å². The van der Waals surface area contributed by atoms with Gasteiger partial charge in [0.15, 0.2) is 0 Å². The molecule has 0 radical (unpaired) electrons. The van der Waals surface area contributed by atoms with Gasteiger partial charge in [-0.05, 0) is 69.5 Å². The first kappa shape index (κ1) is 26.3. The van der Waals surface area contributed by atoms with E-state index in [4.69, 9.17) is 15.5 Å². The predicted molar refractivity (Wildman–Crippen MR) is 152 cm³/mol. The fraction of sp³-hybridized carbons (Fsp3) is 0.290. The lowest BCUT2D eigenvalue weighted by atomic mass is 9.93. The van der Waals surface area contributed by atoms with Gasteiger partial charge in [0.25, 0.3) is 5.91 Å². The highest BCUT2D eigenvalue weighted by Gasteiger charge is 2.38. The number of carbonyl (C=O) groups is 2. The number of hydrogen-bond donors (Lipinski definition) is 2. The summed E-state index contributed by atoms with van der Waals surface area (Å²) in [6.07, 6.45) is 2.22. The summed E-state index contributed by atoms with van der Waals surface area (Å²) in [6, 6.07) is 23.2. The normalized spacial score (nSPS) is 17.6. The predicted octanol–water partition coefficient (Wildman–Crippen LogP) is 5.52. The number of carbonyl (C=O) groups excluding carboxylic acids is 2. The molecule has 5 rings (SSSR count). The average Bonchev–Trinajstić information content (AvgIpc) is 2.92. The number of aromatic nitrogens is 2. The Bertz CT molecular complexity index is 1490. The third-order valence-corrected chi connectivity index (χ3v) is 6.72. The third-order valence-electron chi connectivity index (χ3n) is 6.72. The van der Waals surface area contributed by atoms with Gasteiger partial charge in [-0.2, -0.15) is 0 Å². The van der Waals surface area contributed by atoms with E-state index in [1.807, 2.05) is 75.4 Å². The van der Waals surface area contributed by atoms with E-state index in [1.54, 1.807) is 23.2 Å². The number of piperidine rings is 1. The van der Waals surface area contributed by atoms with E-state index in [0.717, 1.165) is 16.5 Å². The van der Waals surface area contributed by atoms with Gasteiger partial charge in [0.2, 0.25) is 0 Å². The molecule has 0 spiro atoms. The molecule has 8 heteroatoms. The van der Waals surface area contributed by atoms with Crippen LogP contribution in [0.3, 0.4) is 0 Å². The minimum absolute atomic E-state index is 0.231. The second-order valence-corrected chi connectivity index (χ2v) is 10.8. The third kappa shape index (κ3) is 5.91. The number of nitrogens with zero attached hydrogens (tertiary/aromatic N) is 3. The molecule has 2 unspecified atom stereocenters. The summed E-state index contributed by atoms with van der Waals surface area (Å²) in [5.74, 6) is 0.137. The largest absolute Gasteiger partial charge is 0.460 e. The number of pyridine rings is 2. The van der Waals surface area contributed by atoms with Crippen LogP contribution in [0.15, 0.2) is 79.0 Å². The monoisotopic (exact) mass is 523 g/mol. The van der Waals surface area contributed by atoms with Crippen molar-refractivity contribution in [1.82, 2.24) is 14.9 Å². The SMILES string of the molecule is CC(C)(C)OC(=O)C1CCCN(C(=O)c2ccc3cc(-c4ccccc4)c(Nc4ccccn4)nc3c2)C1N. The van der Waals surface area contributed by atoms with Gasteiger partial charge in [-0.15, -0.1) is 0 Å². The van der Waals surface area contributed by atoms with Gasteiger partial charge < -0.3 is 20.7 Å². The van der Waals surface area contributed by atoms with E-state index in [0.29, 0.717) is 42.1 Å². The fourth-order valence-corrected chi connectivity index (χ4v) is 4.85. The molecule has 1 saturated heterocycles. The van der Waals surface area contributed by atoms with Gasteiger partial charge >= 0.3 is 5.97 Å². The number of esters is 1. The fourth-order valence-electron chi connectivity index (χ4n) is 4.85. The molecule has 0 aliphatic carbocycles. The Morgan fingerprint density at radius 1 is 1.03 bits per heavy atom. The maximum atomic E-state index is 13.6. The molecule has 8 nitrogen and oxygen atoms in total. The number of hydrogen-bond acceptors (Lipinski definition) is 7. The first-order valence-electron chi connectivity index (χ1n) is 13.2. The van der Waals surface area contributed by atoms with Crippen molar-refractivity contribution in [3.8, 4) is 11.1 Å². The van der Waals surface area contributed by atoms with Crippen molar-refractivity contribution in [1.29, 1.82) is 0 Å². The summed E-state index contributed by atoms with van der Waals surface area (Å²) in [5.41, 5.74) is 8.90. The van der Waals surface area contributed by atoms with Gasteiger partial charge in [-0.3, -0.25) is 9.59 Å². The molecule has 0 saturated carbocycles. The Morgan fingerprint density at radius 3 is 2.51 bits per heavy atom. The second-order valence-electron chi connectivity index (χ2n) is 10.8. The molecule has 2 atom stereocenters. The Morgan fingerprint density at radius 2 is 1.79 bits per heavy atom. The van der Waals surface area contributed by atoms with E-state index in [9.17, 15) is 9.59 Å². The lowest BCUT2D eigenvalue weighted by molar-refractivity contribution is -0.163. The van der Waals surface area contributed by atoms with Crippen molar-refractivity contribution < 1.29 is 14.3 Å². The van der Waals surface area contributed by atoms with Crippen LogP contribution in [0.4, 0.5) is 11.6 Å². The molecule has 3 heterocycles. The number of benzene rings is 2. The first-order chi connectivity index (χ1) is 18.7. The lowest BCUT2D eigenvalue weighted by Gasteiger charge is -2.38. The molecular formula is C31H33N5O3. The zero-order valence-corrected chi connectivity index (χ0v) is 22.4. The first-order valence-corrected chi connectivity index (χ1v) is 13.2. The molecule has 1 aliphatic rings. The maximum Gasteiger partial charge on any atom is 0.312 e. The van der Waals surface area contributed by atoms with E-state index >= 15 is 0 Å². The lowest BCUT2D eigenvalue weighted by Crippen LogP contribution is -2.56. The summed E-state index contributed by atoms with van der Waals surface area (Å²) >= 11 is 0. The van der Waals surface area contributed by atoms with E-state index in [-0.39, 0.29) is 11.9 Å². The Kier molecular flexibility index (Phi) is 7.30. The van der Waals surface area contributed by atoms with Crippen LogP contribution >= 0.6 is 0 Å². The number of nitrogens with two attached hydrogens (primary N) is 1. The Labute approximate surface area is 228 Å². The van der Waals surface area contributed by atoms with Gasteiger partial charge in [0.05, 0.1) is 17.6 Å². The number of fused-ring (bicyclic) bond motifs is 1. The topological polar surface area (TPSA) is 110 Å². The van der Waals surface area contributed by atoms with Crippen molar-refractivity contribution in [2.45, 2.75) is 45.4 Å². The minimum atomic E-state index is -0.758. The van der Waals surface area contributed by atoms with Crippen molar-refractivity contribution in [3.05, 3.63) is 84.6 Å². The molecule has 2 aromatic carbocycles. The van der Waals surface area contributed by atoms with Gasteiger partial charge in [-0.25, -0.2) is 9.97 Å². The van der Waals surface area contributed by atoms with E-state index < -0.39 is 17.7 Å². The molecule has 200 valence electrons. The van der Waals surface area contributed by atoms with Crippen LogP contribution in [0.1, 0.15) is 44.0 Å². The maximum absolute atomic E-state index is 13.6. The molecule has 39 heavy (non-hydrogen) atoms. The summed E-state index contributed by atoms with van der Waals surface area (Å²) in [6.45, 7) is 5.95. The number of likely N-dealkylation sites (tertiary alicyclic amines) is 1. The number of ether oxygens (including phenoxy) is 1. The van der Waals surface area contributed by atoms with Crippen molar-refractivity contribution >= 4 is 34.4 Å². The van der Waals surface area contributed by atoms with E-state index in [2.05, 4.69) is 16.4 Å². The minimum Gasteiger partial charge on any atom is -0.460 e. The van der Waals surface area contributed by atoms with Crippen molar-refractivity contribution in [2.75, 3.05) is 11.9 Å². The van der Waals surface area contributed by atoms with Crippen LogP contribution in [-0.4, -0.2) is 45.1 Å². The molecule has 4 aromatic rings. The Hall–Kier alpha value is -4.30. The smallest absolute Gasteiger partial charge is 0.312 e. The standard InChI is InChI=1S/C31H33N5O3/c1-31(2,3)39-30(38)23-12-9-17-36(27(23)32)29(37)22-15-14-21-18-24(20-10-5-4-6-11-20)28(34-25(21)19-22)35-26-13-7-8-16-33-26/h4-8,10-11,13-16,18-19,23,27H,9,12,17,32H2,1-3H3,(H,33,34,35).